The Morgan fingerprint density at radius 1 is 1.40 bits per heavy atom. The molecule has 10 heavy (non-hydrogen) atoms. The van der Waals surface area contributed by atoms with E-state index in [1.54, 1.807) is 0 Å². The van der Waals surface area contributed by atoms with Crippen LogP contribution in [-0.4, -0.2) is 24.3 Å². The average molecular weight is 175 g/mol. The Bertz CT molecular complexity index is 177. The van der Waals surface area contributed by atoms with Crippen molar-refractivity contribution in [1.29, 1.82) is 0 Å². The maximum absolute atomic E-state index is 10.1. The first kappa shape index (κ1) is 13.5. The van der Waals surface area contributed by atoms with Gasteiger partial charge in [-0.05, 0) is 13.8 Å². The molecule has 0 aromatic heterocycles. The zero-order valence-corrected chi connectivity index (χ0v) is 9.18. The normalized spacial score (nSPS) is 17.2. The van der Waals surface area contributed by atoms with Gasteiger partial charge in [0, 0.05) is 6.04 Å². The maximum atomic E-state index is 10.1. The quantitative estimate of drug-likeness (QED) is 0.345. The monoisotopic (exact) mass is 175 g/mol. The molecule has 2 unspecified atom stereocenters. The Hall–Kier alpha value is 0.870. The van der Waals surface area contributed by atoms with E-state index in [0.717, 1.165) is 0 Å². The van der Waals surface area contributed by atoms with Crippen molar-refractivity contribution in [3.05, 3.63) is 0 Å². The van der Waals surface area contributed by atoms with Crippen molar-refractivity contribution >= 4 is 10.1 Å². The van der Waals surface area contributed by atoms with Gasteiger partial charge in [-0.25, -0.2) is 8.42 Å². The van der Waals surface area contributed by atoms with Crippen LogP contribution in [-0.2, 0) is 10.1 Å². The van der Waals surface area contributed by atoms with Gasteiger partial charge in [0.05, 0.1) is 15.4 Å². The molecule has 0 aliphatic carbocycles. The first-order chi connectivity index (χ1) is 3.85. The van der Waals surface area contributed by atoms with Gasteiger partial charge in [0.1, 0.15) is 0 Å². The van der Waals surface area contributed by atoms with Gasteiger partial charge < -0.3 is 10.3 Å². The summed E-state index contributed by atoms with van der Waals surface area (Å²) in [6.45, 7) is 2.78. The van der Waals surface area contributed by atoms with E-state index in [-0.39, 0.29) is 29.6 Å². The summed E-state index contributed by atoms with van der Waals surface area (Å²) >= 11 is 0. The average Bonchev–Trinajstić information content (AvgIpc) is 1.62. The van der Waals surface area contributed by atoms with Crippen molar-refractivity contribution in [2.45, 2.75) is 25.1 Å². The summed E-state index contributed by atoms with van der Waals surface area (Å²) in [4.78, 5) is 0. The summed E-state index contributed by atoms with van der Waals surface area (Å²) in [5, 5.41) is -0.988. The molecule has 56 valence electrons. The predicted octanol–water partition coefficient (Wildman–Crippen LogP) is -3.73. The molecule has 0 aliphatic rings. The van der Waals surface area contributed by atoms with E-state index in [4.69, 9.17) is 5.73 Å². The molecule has 0 radical (unpaired) electrons. The van der Waals surface area contributed by atoms with Crippen LogP contribution in [0.5, 0.6) is 0 Å². The van der Waals surface area contributed by atoms with Gasteiger partial charge in [-0.2, -0.15) is 0 Å². The van der Waals surface area contributed by atoms with E-state index in [0.29, 0.717) is 0 Å². The zero-order chi connectivity index (χ0) is 7.65. The Balaban J connectivity index is 0. The van der Waals surface area contributed by atoms with Gasteiger partial charge in [0.2, 0.25) is 0 Å². The van der Waals surface area contributed by atoms with Gasteiger partial charge in [-0.1, -0.05) is 0 Å². The van der Waals surface area contributed by atoms with Crippen LogP contribution in [0, 0.1) is 0 Å². The summed E-state index contributed by atoms with van der Waals surface area (Å²) in [5.41, 5.74) is 5.14. The van der Waals surface area contributed by atoms with E-state index in [1.165, 1.54) is 13.8 Å². The molecule has 4 nitrogen and oxygen atoms in total. The molecule has 0 heterocycles. The Kier molecular flexibility index (Phi) is 6.31. The minimum absolute atomic E-state index is 0. The molecule has 0 saturated heterocycles. The molecule has 0 rings (SSSR count). The van der Waals surface area contributed by atoms with Crippen LogP contribution >= 0.6 is 0 Å². The van der Waals surface area contributed by atoms with E-state index in [9.17, 15) is 13.0 Å². The van der Waals surface area contributed by atoms with Crippen LogP contribution in [0.25, 0.3) is 0 Å². The fourth-order valence-electron chi connectivity index (χ4n) is 0.263. The van der Waals surface area contributed by atoms with Crippen LogP contribution in [0.2, 0.25) is 0 Å². The summed E-state index contributed by atoms with van der Waals surface area (Å²) in [6.07, 6.45) is 0. The molecule has 0 spiro atoms. The predicted molar refractivity (Wildman–Crippen MR) is 32.8 cm³/mol. The third-order valence-corrected chi connectivity index (χ3v) is 2.54. The fraction of sp³-hybridized carbons (Fsp3) is 1.00. The van der Waals surface area contributed by atoms with Crippen molar-refractivity contribution in [2.24, 2.45) is 5.73 Å². The molecule has 0 amide bonds. The van der Waals surface area contributed by atoms with Gasteiger partial charge >= 0.3 is 29.6 Å². The molecular weight excluding hydrogens is 165 g/mol. The third-order valence-electron chi connectivity index (χ3n) is 1.20. The van der Waals surface area contributed by atoms with E-state index < -0.39 is 21.4 Å². The molecule has 0 aromatic rings. The smallest absolute Gasteiger partial charge is 0.748 e. The Morgan fingerprint density at radius 3 is 1.70 bits per heavy atom. The molecule has 2 N–H and O–H groups in total. The molecule has 2 atom stereocenters. The molecule has 0 aromatic carbocycles. The van der Waals surface area contributed by atoms with Gasteiger partial charge in [-0.3, -0.25) is 0 Å². The Morgan fingerprint density at radius 2 is 1.70 bits per heavy atom. The first-order valence-electron chi connectivity index (χ1n) is 2.56. The number of nitrogens with two attached hydrogens (primary N) is 1. The molecular formula is C4H10NNaO3S. The van der Waals surface area contributed by atoms with Crippen LogP contribution in [0.15, 0.2) is 0 Å². The molecule has 0 fully saturated rings. The largest absolute Gasteiger partial charge is 1.00 e. The van der Waals surface area contributed by atoms with E-state index >= 15 is 0 Å². The van der Waals surface area contributed by atoms with Crippen molar-refractivity contribution in [2.75, 3.05) is 0 Å². The van der Waals surface area contributed by atoms with Crippen molar-refractivity contribution < 1.29 is 42.5 Å². The second-order valence-corrected chi connectivity index (χ2v) is 3.79. The second kappa shape index (κ2) is 4.69. The van der Waals surface area contributed by atoms with Crippen LogP contribution in [0.4, 0.5) is 0 Å². The summed E-state index contributed by atoms with van der Waals surface area (Å²) in [7, 11) is -4.18. The molecule has 6 heteroatoms. The van der Waals surface area contributed by atoms with Gasteiger partial charge in [0.15, 0.2) is 0 Å². The first-order valence-corrected chi connectivity index (χ1v) is 4.03. The summed E-state index contributed by atoms with van der Waals surface area (Å²) < 4.78 is 30.4. The van der Waals surface area contributed by atoms with Gasteiger partial charge in [0.25, 0.3) is 0 Å². The minimum Gasteiger partial charge on any atom is -0.748 e. The maximum Gasteiger partial charge on any atom is 1.00 e. The van der Waals surface area contributed by atoms with E-state index in [2.05, 4.69) is 0 Å². The topological polar surface area (TPSA) is 83.2 Å². The van der Waals surface area contributed by atoms with Crippen molar-refractivity contribution in [3.63, 3.8) is 0 Å². The Labute approximate surface area is 83.2 Å². The summed E-state index contributed by atoms with van der Waals surface area (Å²) in [5.74, 6) is 0. The summed E-state index contributed by atoms with van der Waals surface area (Å²) in [6, 6.07) is -0.590. The van der Waals surface area contributed by atoms with E-state index in [1.807, 2.05) is 0 Å². The van der Waals surface area contributed by atoms with Crippen LogP contribution < -0.4 is 35.3 Å². The number of hydrogen-bond donors (Lipinski definition) is 1. The van der Waals surface area contributed by atoms with Crippen molar-refractivity contribution in [1.82, 2.24) is 0 Å². The molecule has 0 bridgehead atoms. The fourth-order valence-corrected chi connectivity index (χ4v) is 0.789. The number of rotatable bonds is 2. The second-order valence-electron chi connectivity index (χ2n) is 2.06. The van der Waals surface area contributed by atoms with Gasteiger partial charge in [-0.15, -0.1) is 0 Å². The molecule has 0 saturated carbocycles. The van der Waals surface area contributed by atoms with Crippen molar-refractivity contribution in [3.8, 4) is 0 Å². The van der Waals surface area contributed by atoms with Crippen LogP contribution in [0.1, 0.15) is 13.8 Å². The minimum atomic E-state index is -4.18. The zero-order valence-electron chi connectivity index (χ0n) is 6.37. The SMILES string of the molecule is CC(N)C(C)S(=O)(=O)[O-].[Na+]. The molecule has 0 aliphatic heterocycles. The van der Waals surface area contributed by atoms with Crippen LogP contribution in [0.3, 0.4) is 0 Å². The standard InChI is InChI=1S/C4H11NO3S.Na/c1-3(5)4(2)9(6,7)8;/h3-4H,5H2,1-2H3,(H,6,7,8);/q;+1/p-1. The number of hydrogen-bond acceptors (Lipinski definition) is 4. The third kappa shape index (κ3) is 4.65.